The summed E-state index contributed by atoms with van der Waals surface area (Å²) in [7, 11) is 1.35. The number of esters is 1. The predicted octanol–water partition coefficient (Wildman–Crippen LogP) is 3.89. The maximum absolute atomic E-state index is 12.7. The zero-order valence-electron chi connectivity index (χ0n) is 20.5. The molecule has 1 aromatic heterocycles. The van der Waals surface area contributed by atoms with Crippen LogP contribution in [0.15, 0.2) is 60.9 Å². The van der Waals surface area contributed by atoms with E-state index < -0.39 is 0 Å². The van der Waals surface area contributed by atoms with E-state index in [1.54, 1.807) is 30.5 Å². The molecule has 0 saturated carbocycles. The Morgan fingerprint density at radius 2 is 1.86 bits per heavy atom. The number of nitrogens with one attached hydrogen (secondary N) is 1. The van der Waals surface area contributed by atoms with Crippen LogP contribution in [-0.2, 0) is 16.0 Å². The Hall–Kier alpha value is -4.14. The first kappa shape index (κ1) is 25.0. The summed E-state index contributed by atoms with van der Waals surface area (Å²) in [5, 5.41) is 2.80. The average molecular weight is 491 g/mol. The molecular weight excluding hydrogens is 460 g/mol. The number of aromatic nitrogens is 2. The van der Waals surface area contributed by atoms with Crippen molar-refractivity contribution in [3.8, 4) is 11.5 Å². The van der Waals surface area contributed by atoms with Crippen LogP contribution in [0.4, 0.5) is 11.6 Å². The number of hydrogen-bond donors (Lipinski definition) is 1. The summed E-state index contributed by atoms with van der Waals surface area (Å²) in [6, 6.07) is 14.5. The summed E-state index contributed by atoms with van der Waals surface area (Å²) in [4.78, 5) is 35.1. The lowest BCUT2D eigenvalue weighted by Gasteiger charge is -2.33. The monoisotopic (exact) mass is 490 g/mol. The smallest absolute Gasteiger partial charge is 0.309 e. The molecule has 2 heterocycles. The number of rotatable bonds is 9. The number of hydrogen-bond acceptors (Lipinski definition) is 8. The number of para-hydroxylation sites is 2. The molecule has 1 N–H and O–H groups in total. The first-order valence-electron chi connectivity index (χ1n) is 12.0. The fourth-order valence-corrected chi connectivity index (χ4v) is 4.01. The van der Waals surface area contributed by atoms with E-state index in [4.69, 9.17) is 9.47 Å². The number of methoxy groups -OCH3 is 1. The van der Waals surface area contributed by atoms with Gasteiger partial charge in [-0.1, -0.05) is 24.3 Å². The van der Waals surface area contributed by atoms with Crippen molar-refractivity contribution in [2.75, 3.05) is 37.0 Å². The molecule has 1 fully saturated rings. The van der Waals surface area contributed by atoms with E-state index in [0.29, 0.717) is 30.4 Å². The van der Waals surface area contributed by atoms with Crippen molar-refractivity contribution >= 4 is 23.5 Å². The number of benzene rings is 2. The summed E-state index contributed by atoms with van der Waals surface area (Å²) >= 11 is 0. The SMILES string of the molecule is CCOc1ccccc1O[C@@H]1CCCN(c2cncc(NC(=O)c3ccc(CC(=O)OC)cc3)n2)C1. The molecule has 9 nitrogen and oxygen atoms in total. The van der Waals surface area contributed by atoms with Crippen molar-refractivity contribution in [3.05, 3.63) is 72.1 Å². The van der Waals surface area contributed by atoms with Crippen molar-refractivity contribution in [2.24, 2.45) is 0 Å². The maximum Gasteiger partial charge on any atom is 0.309 e. The highest BCUT2D eigenvalue weighted by atomic mass is 16.5. The van der Waals surface area contributed by atoms with Crippen LogP contribution in [0.25, 0.3) is 0 Å². The van der Waals surface area contributed by atoms with Gasteiger partial charge in [0.2, 0.25) is 0 Å². The summed E-state index contributed by atoms with van der Waals surface area (Å²) in [6.07, 6.45) is 5.20. The number of amides is 1. The Bertz CT molecular complexity index is 1180. The van der Waals surface area contributed by atoms with Gasteiger partial charge in [0.05, 0.1) is 39.1 Å². The Morgan fingerprint density at radius 3 is 2.61 bits per heavy atom. The average Bonchev–Trinajstić information content (AvgIpc) is 2.90. The number of carbonyl (C=O) groups is 2. The van der Waals surface area contributed by atoms with Crippen LogP contribution in [0.2, 0.25) is 0 Å². The number of nitrogens with zero attached hydrogens (tertiary/aromatic N) is 3. The topological polar surface area (TPSA) is 103 Å². The number of carbonyl (C=O) groups excluding carboxylic acids is 2. The molecule has 1 saturated heterocycles. The first-order chi connectivity index (χ1) is 17.6. The van der Waals surface area contributed by atoms with E-state index in [9.17, 15) is 9.59 Å². The number of piperidine rings is 1. The molecule has 36 heavy (non-hydrogen) atoms. The quantitative estimate of drug-likeness (QED) is 0.451. The van der Waals surface area contributed by atoms with Crippen LogP contribution in [0.5, 0.6) is 11.5 Å². The highest BCUT2D eigenvalue weighted by Gasteiger charge is 2.24. The van der Waals surface area contributed by atoms with Gasteiger partial charge < -0.3 is 24.4 Å². The van der Waals surface area contributed by atoms with E-state index in [2.05, 4.69) is 24.9 Å². The molecule has 9 heteroatoms. The van der Waals surface area contributed by atoms with E-state index in [-0.39, 0.29) is 24.4 Å². The highest BCUT2D eigenvalue weighted by Crippen LogP contribution is 2.30. The van der Waals surface area contributed by atoms with Gasteiger partial charge >= 0.3 is 5.97 Å². The largest absolute Gasteiger partial charge is 0.490 e. The van der Waals surface area contributed by atoms with Gasteiger partial charge in [-0.15, -0.1) is 0 Å². The van der Waals surface area contributed by atoms with Crippen LogP contribution < -0.4 is 19.7 Å². The van der Waals surface area contributed by atoms with Crippen molar-refractivity contribution < 1.29 is 23.8 Å². The number of anilines is 2. The van der Waals surface area contributed by atoms with Gasteiger partial charge in [-0.2, -0.15) is 0 Å². The minimum Gasteiger partial charge on any atom is -0.490 e. The molecule has 188 valence electrons. The molecule has 0 spiro atoms. The standard InChI is InChI=1S/C27H30N4O5/c1-3-35-22-8-4-5-9-23(22)36-21-7-6-14-31(18-21)25-17-28-16-24(29-25)30-27(33)20-12-10-19(11-13-20)15-26(32)34-2/h4-5,8-13,16-17,21H,3,6-7,14-15,18H2,1-2H3,(H,29,30,33)/t21-/m1/s1. The zero-order chi connectivity index (χ0) is 25.3. The summed E-state index contributed by atoms with van der Waals surface area (Å²) in [5.74, 6) is 1.87. The van der Waals surface area contributed by atoms with Gasteiger partial charge in [-0.05, 0) is 49.6 Å². The molecule has 1 aliphatic heterocycles. The molecule has 0 radical (unpaired) electrons. The van der Waals surface area contributed by atoms with E-state index >= 15 is 0 Å². The van der Waals surface area contributed by atoms with E-state index in [0.717, 1.165) is 36.4 Å². The molecule has 1 aliphatic rings. The Morgan fingerprint density at radius 1 is 1.08 bits per heavy atom. The zero-order valence-corrected chi connectivity index (χ0v) is 20.5. The summed E-state index contributed by atoms with van der Waals surface area (Å²) in [6.45, 7) is 3.99. The summed E-state index contributed by atoms with van der Waals surface area (Å²) < 4.78 is 16.6. The molecule has 0 bridgehead atoms. The predicted molar refractivity (Wildman–Crippen MR) is 136 cm³/mol. The number of ether oxygens (including phenoxy) is 3. The fourth-order valence-electron chi connectivity index (χ4n) is 4.01. The van der Waals surface area contributed by atoms with Gasteiger partial charge in [0.1, 0.15) is 11.9 Å². The molecule has 1 atom stereocenters. The van der Waals surface area contributed by atoms with Gasteiger partial charge in [0.15, 0.2) is 17.3 Å². The lowest BCUT2D eigenvalue weighted by molar-refractivity contribution is -0.139. The second-order valence-corrected chi connectivity index (χ2v) is 8.37. The molecular formula is C27H30N4O5. The molecule has 4 rings (SSSR count). The fraction of sp³-hybridized carbons (Fsp3) is 0.333. The van der Waals surface area contributed by atoms with Crippen LogP contribution in [0.1, 0.15) is 35.7 Å². The summed E-state index contributed by atoms with van der Waals surface area (Å²) in [5.41, 5.74) is 1.22. The third-order valence-electron chi connectivity index (χ3n) is 5.80. The van der Waals surface area contributed by atoms with Crippen LogP contribution in [0.3, 0.4) is 0 Å². The van der Waals surface area contributed by atoms with Gasteiger partial charge in [0.25, 0.3) is 5.91 Å². The van der Waals surface area contributed by atoms with Crippen molar-refractivity contribution in [3.63, 3.8) is 0 Å². The molecule has 0 unspecified atom stereocenters. The second-order valence-electron chi connectivity index (χ2n) is 8.37. The maximum atomic E-state index is 12.7. The molecule has 2 aromatic carbocycles. The van der Waals surface area contributed by atoms with Crippen LogP contribution >= 0.6 is 0 Å². The lowest BCUT2D eigenvalue weighted by Crippen LogP contribution is -2.41. The van der Waals surface area contributed by atoms with Gasteiger partial charge in [0, 0.05) is 12.1 Å². The minimum absolute atomic E-state index is 0.0242. The lowest BCUT2D eigenvalue weighted by atomic mass is 10.1. The molecule has 1 amide bonds. The third kappa shape index (κ3) is 6.50. The van der Waals surface area contributed by atoms with Crippen LogP contribution in [-0.4, -0.2) is 54.8 Å². The Balaban J connectivity index is 1.39. The first-order valence-corrected chi connectivity index (χ1v) is 12.0. The normalized spacial score (nSPS) is 15.2. The Kier molecular flexibility index (Phi) is 8.33. The van der Waals surface area contributed by atoms with E-state index in [1.807, 2.05) is 31.2 Å². The van der Waals surface area contributed by atoms with Gasteiger partial charge in [-0.25, -0.2) is 4.98 Å². The van der Waals surface area contributed by atoms with Crippen molar-refractivity contribution in [1.82, 2.24) is 9.97 Å². The van der Waals surface area contributed by atoms with Crippen molar-refractivity contribution in [2.45, 2.75) is 32.3 Å². The van der Waals surface area contributed by atoms with E-state index in [1.165, 1.54) is 13.3 Å². The molecule has 3 aromatic rings. The highest BCUT2D eigenvalue weighted by molar-refractivity contribution is 6.03. The third-order valence-corrected chi connectivity index (χ3v) is 5.80. The van der Waals surface area contributed by atoms with Crippen LogP contribution in [0, 0.1) is 0 Å². The minimum atomic E-state index is -0.330. The second kappa shape index (κ2) is 12.0. The Labute approximate surface area is 210 Å². The van der Waals surface area contributed by atoms with Gasteiger partial charge in [-0.3, -0.25) is 14.6 Å². The molecule has 0 aliphatic carbocycles. The van der Waals surface area contributed by atoms with Crippen molar-refractivity contribution in [1.29, 1.82) is 0 Å².